The van der Waals surface area contributed by atoms with Crippen LogP contribution in [0, 0.1) is 0 Å². The highest BCUT2D eigenvalue weighted by molar-refractivity contribution is 5.89. The van der Waals surface area contributed by atoms with Gasteiger partial charge in [0.05, 0.1) is 0 Å². The predicted octanol–water partition coefficient (Wildman–Crippen LogP) is 2.95. The Labute approximate surface area is 160 Å². The summed E-state index contributed by atoms with van der Waals surface area (Å²) in [6, 6.07) is 3.67. The van der Waals surface area contributed by atoms with Crippen molar-refractivity contribution in [1.29, 1.82) is 0 Å². The van der Waals surface area contributed by atoms with E-state index in [1.54, 1.807) is 24.0 Å². The van der Waals surface area contributed by atoms with E-state index in [0.717, 1.165) is 19.3 Å². The molecule has 2 bridgehead atoms. The Hall–Kier alpha value is -3.42. The van der Waals surface area contributed by atoms with Crippen LogP contribution in [0.2, 0.25) is 0 Å². The van der Waals surface area contributed by atoms with Gasteiger partial charge in [0.1, 0.15) is 0 Å². The lowest BCUT2D eigenvalue weighted by Crippen LogP contribution is -2.17. The summed E-state index contributed by atoms with van der Waals surface area (Å²) in [6.45, 7) is 0. The van der Waals surface area contributed by atoms with Crippen molar-refractivity contribution >= 4 is 11.9 Å². The number of hydrogen-bond acceptors (Lipinski definition) is 6. The number of fused-ring (bicyclic) bond motifs is 5. The molecule has 1 aromatic carbocycles. The van der Waals surface area contributed by atoms with Crippen LogP contribution in [0.4, 0.5) is 0 Å². The van der Waals surface area contributed by atoms with E-state index in [-0.39, 0.29) is 23.1 Å². The normalized spacial score (nSPS) is 19.5. The molecule has 2 unspecified atom stereocenters. The highest BCUT2D eigenvalue weighted by atomic mass is 16.6. The minimum absolute atomic E-state index is 0.0865. The molecule has 0 aliphatic heterocycles. The van der Waals surface area contributed by atoms with Crippen LogP contribution in [0.15, 0.2) is 36.9 Å². The molecule has 8 nitrogen and oxygen atoms in total. The molecule has 142 valence electrons. The summed E-state index contributed by atoms with van der Waals surface area (Å²) in [5, 5.41) is 0. The van der Waals surface area contributed by atoms with Crippen molar-refractivity contribution in [2.75, 3.05) is 0 Å². The van der Waals surface area contributed by atoms with Crippen molar-refractivity contribution in [2.45, 2.75) is 31.1 Å². The maximum Gasteiger partial charge on any atom is 0.380 e. The van der Waals surface area contributed by atoms with Crippen molar-refractivity contribution in [3.05, 3.63) is 59.7 Å². The predicted molar refractivity (Wildman–Crippen MR) is 97.5 cm³/mol. The molecule has 0 amide bonds. The molecule has 2 heterocycles. The number of H-pyrrole nitrogens is 1. The van der Waals surface area contributed by atoms with Gasteiger partial charge in [0.25, 0.3) is 0 Å². The number of esters is 2. The Morgan fingerprint density at radius 1 is 1.04 bits per heavy atom. The van der Waals surface area contributed by atoms with Crippen LogP contribution in [0.1, 0.15) is 63.5 Å². The Morgan fingerprint density at radius 3 is 2.29 bits per heavy atom. The van der Waals surface area contributed by atoms with Crippen LogP contribution in [-0.2, 0) is 7.05 Å². The summed E-state index contributed by atoms with van der Waals surface area (Å²) in [5.41, 5.74) is 2.35. The fourth-order valence-electron chi connectivity index (χ4n) is 4.24. The van der Waals surface area contributed by atoms with Gasteiger partial charge in [0.2, 0.25) is 11.6 Å². The van der Waals surface area contributed by atoms with Gasteiger partial charge in [-0.15, -0.1) is 0 Å². The average molecular weight is 378 g/mol. The number of aromatic nitrogens is 4. The minimum atomic E-state index is -0.637. The number of aromatic amines is 1. The van der Waals surface area contributed by atoms with Crippen LogP contribution in [0.3, 0.4) is 0 Å². The molecule has 28 heavy (non-hydrogen) atoms. The number of imidazole rings is 2. The molecule has 3 aromatic rings. The van der Waals surface area contributed by atoms with Gasteiger partial charge in [0, 0.05) is 31.8 Å². The third kappa shape index (κ3) is 2.69. The van der Waals surface area contributed by atoms with E-state index in [1.807, 2.05) is 12.1 Å². The minimum Gasteiger partial charge on any atom is -0.417 e. The van der Waals surface area contributed by atoms with Gasteiger partial charge in [-0.3, -0.25) is 0 Å². The molecule has 2 aliphatic rings. The first-order valence-corrected chi connectivity index (χ1v) is 9.19. The number of carbonyl (C=O) groups excluding carboxylic acids is 2. The molecule has 1 saturated carbocycles. The second kappa shape index (κ2) is 6.33. The van der Waals surface area contributed by atoms with E-state index in [9.17, 15) is 9.59 Å². The fourth-order valence-corrected chi connectivity index (χ4v) is 4.24. The average Bonchev–Trinajstić information content (AvgIpc) is 3.46. The number of benzene rings is 1. The first kappa shape index (κ1) is 16.7. The number of rotatable bonds is 4. The lowest BCUT2D eigenvalue weighted by Gasteiger charge is -2.18. The Balaban J connectivity index is 1.51. The maximum atomic E-state index is 12.6. The van der Waals surface area contributed by atoms with E-state index in [1.165, 1.54) is 23.5 Å². The van der Waals surface area contributed by atoms with Crippen LogP contribution in [0.5, 0.6) is 11.5 Å². The second-order valence-electron chi connectivity index (χ2n) is 7.21. The maximum absolute atomic E-state index is 12.6. The quantitative estimate of drug-likeness (QED) is 0.554. The highest BCUT2D eigenvalue weighted by Gasteiger charge is 2.38. The van der Waals surface area contributed by atoms with Crippen molar-refractivity contribution < 1.29 is 19.1 Å². The monoisotopic (exact) mass is 378 g/mol. The molecular weight excluding hydrogens is 360 g/mol. The van der Waals surface area contributed by atoms with Crippen LogP contribution < -0.4 is 9.47 Å². The summed E-state index contributed by atoms with van der Waals surface area (Å²) in [5.74, 6) is 0.400. The highest BCUT2D eigenvalue weighted by Crippen LogP contribution is 2.55. The Bertz CT molecular complexity index is 1070. The van der Waals surface area contributed by atoms with Gasteiger partial charge in [-0.1, -0.05) is 0 Å². The first-order valence-electron chi connectivity index (χ1n) is 9.19. The third-order valence-electron chi connectivity index (χ3n) is 5.56. The Kier molecular flexibility index (Phi) is 3.78. The molecule has 0 saturated heterocycles. The molecule has 1 fully saturated rings. The number of ether oxygens (including phenoxy) is 2. The Morgan fingerprint density at radius 2 is 1.71 bits per heavy atom. The second-order valence-corrected chi connectivity index (χ2v) is 7.21. The van der Waals surface area contributed by atoms with Gasteiger partial charge < -0.3 is 19.0 Å². The molecule has 8 heteroatoms. The number of nitrogens with one attached hydrogen (secondary N) is 1. The smallest absolute Gasteiger partial charge is 0.380 e. The lowest BCUT2D eigenvalue weighted by molar-refractivity contribution is 0.0667. The van der Waals surface area contributed by atoms with E-state index < -0.39 is 11.9 Å². The molecule has 5 rings (SSSR count). The van der Waals surface area contributed by atoms with Crippen molar-refractivity contribution in [1.82, 2.24) is 19.5 Å². The van der Waals surface area contributed by atoms with Gasteiger partial charge in [-0.05, 0) is 54.4 Å². The molecular formula is C20H18N4O4. The lowest BCUT2D eigenvalue weighted by atomic mass is 9.91. The van der Waals surface area contributed by atoms with Crippen LogP contribution in [0.25, 0.3) is 0 Å². The standard InChI is InChI=1S/C20H18N4O4/c1-24-7-6-23-18(24)20(26)28-16-10-14-12-3-2-11(8-12)13(14)9-15(16)27-19(25)17-21-4-5-22-17/h4-7,9-12H,2-3,8H2,1H3,(H,21,22). The number of nitrogens with zero attached hydrogens (tertiary/aromatic N) is 3. The van der Waals surface area contributed by atoms with Gasteiger partial charge in [-0.25, -0.2) is 19.6 Å². The van der Waals surface area contributed by atoms with Gasteiger partial charge in [0.15, 0.2) is 11.5 Å². The molecule has 0 spiro atoms. The van der Waals surface area contributed by atoms with E-state index in [2.05, 4.69) is 15.0 Å². The zero-order chi connectivity index (χ0) is 19.3. The zero-order valence-corrected chi connectivity index (χ0v) is 15.2. The van der Waals surface area contributed by atoms with Crippen LogP contribution >= 0.6 is 0 Å². The van der Waals surface area contributed by atoms with Crippen molar-refractivity contribution in [3.8, 4) is 11.5 Å². The van der Waals surface area contributed by atoms with Gasteiger partial charge in [-0.2, -0.15) is 0 Å². The molecule has 0 radical (unpaired) electrons. The number of carbonyl (C=O) groups is 2. The summed E-state index contributed by atoms with van der Waals surface area (Å²) in [4.78, 5) is 35.6. The summed E-state index contributed by atoms with van der Waals surface area (Å²) >= 11 is 0. The number of aryl methyl sites for hydroxylation is 1. The van der Waals surface area contributed by atoms with Crippen molar-refractivity contribution in [2.24, 2.45) is 7.05 Å². The number of hydrogen-bond donors (Lipinski definition) is 1. The SMILES string of the molecule is Cn1ccnc1C(=O)Oc1cc2c(cc1OC(=O)c1ncc[nH]1)C1CCC2C1. The summed E-state index contributed by atoms with van der Waals surface area (Å²) in [6.07, 6.45) is 9.57. The topological polar surface area (TPSA) is 99.1 Å². The zero-order valence-electron chi connectivity index (χ0n) is 15.2. The van der Waals surface area contributed by atoms with E-state index >= 15 is 0 Å². The third-order valence-corrected chi connectivity index (χ3v) is 5.56. The molecule has 2 aliphatic carbocycles. The fraction of sp³-hybridized carbons (Fsp3) is 0.300. The summed E-state index contributed by atoms with van der Waals surface area (Å²) < 4.78 is 12.7. The van der Waals surface area contributed by atoms with E-state index in [0.29, 0.717) is 11.8 Å². The van der Waals surface area contributed by atoms with Crippen molar-refractivity contribution in [3.63, 3.8) is 0 Å². The first-order chi connectivity index (χ1) is 13.6. The molecule has 2 atom stereocenters. The molecule has 2 aromatic heterocycles. The van der Waals surface area contributed by atoms with Crippen LogP contribution in [-0.4, -0.2) is 31.5 Å². The molecule has 1 N–H and O–H groups in total. The van der Waals surface area contributed by atoms with E-state index in [4.69, 9.17) is 9.47 Å². The summed E-state index contributed by atoms with van der Waals surface area (Å²) in [7, 11) is 1.71. The van der Waals surface area contributed by atoms with Gasteiger partial charge >= 0.3 is 11.9 Å². The largest absolute Gasteiger partial charge is 0.417 e.